The number of rotatable bonds is 3. The van der Waals surface area contributed by atoms with Gasteiger partial charge in [-0.25, -0.2) is 9.97 Å². The number of thiazole rings is 1. The second-order valence-corrected chi connectivity index (χ2v) is 5.47. The van der Waals surface area contributed by atoms with E-state index in [9.17, 15) is 9.90 Å². The zero-order chi connectivity index (χ0) is 15.5. The van der Waals surface area contributed by atoms with E-state index in [0.717, 1.165) is 5.69 Å². The highest BCUT2D eigenvalue weighted by Crippen LogP contribution is 2.27. The maximum atomic E-state index is 12.3. The average molecular weight is 312 g/mol. The molecule has 0 atom stereocenters. The van der Waals surface area contributed by atoms with Gasteiger partial charge in [0.15, 0.2) is 11.6 Å². The van der Waals surface area contributed by atoms with Crippen molar-refractivity contribution in [2.45, 2.75) is 6.92 Å². The molecule has 2 N–H and O–H groups in total. The quantitative estimate of drug-likeness (QED) is 0.776. The van der Waals surface area contributed by atoms with Gasteiger partial charge in [-0.1, -0.05) is 6.07 Å². The summed E-state index contributed by atoms with van der Waals surface area (Å²) < 4.78 is 0. The van der Waals surface area contributed by atoms with Crippen LogP contribution in [-0.2, 0) is 0 Å². The van der Waals surface area contributed by atoms with Gasteiger partial charge in [0.05, 0.1) is 11.4 Å². The molecule has 0 aliphatic carbocycles. The van der Waals surface area contributed by atoms with Crippen LogP contribution in [0.15, 0.2) is 42.7 Å². The highest BCUT2D eigenvalue weighted by atomic mass is 32.1. The molecule has 0 aromatic carbocycles. The first-order chi connectivity index (χ1) is 10.6. The second kappa shape index (κ2) is 5.90. The summed E-state index contributed by atoms with van der Waals surface area (Å²) in [4.78, 5) is 25.3. The summed E-state index contributed by atoms with van der Waals surface area (Å²) in [5.41, 5.74) is 1.33. The predicted octanol–water partition coefficient (Wildman–Crippen LogP) is 2.87. The van der Waals surface area contributed by atoms with Crippen LogP contribution in [0.2, 0.25) is 0 Å². The van der Waals surface area contributed by atoms with Crippen molar-refractivity contribution in [3.63, 3.8) is 0 Å². The van der Waals surface area contributed by atoms with Gasteiger partial charge < -0.3 is 10.4 Å². The first-order valence-electron chi connectivity index (χ1n) is 6.49. The number of nitrogens with zero attached hydrogens (tertiary/aromatic N) is 3. The van der Waals surface area contributed by atoms with Crippen LogP contribution in [0.3, 0.4) is 0 Å². The van der Waals surface area contributed by atoms with Gasteiger partial charge in [0.1, 0.15) is 9.88 Å². The summed E-state index contributed by atoms with van der Waals surface area (Å²) >= 11 is 1.25. The molecule has 0 radical (unpaired) electrons. The normalized spacial score (nSPS) is 10.4. The lowest BCUT2D eigenvalue weighted by atomic mass is 10.3. The number of hydrogen-bond donors (Lipinski definition) is 2. The summed E-state index contributed by atoms with van der Waals surface area (Å²) in [6.45, 7) is 1.76. The van der Waals surface area contributed by atoms with Crippen LogP contribution in [0.4, 0.5) is 5.82 Å². The fourth-order valence-corrected chi connectivity index (χ4v) is 2.80. The zero-order valence-corrected chi connectivity index (χ0v) is 12.5. The molecule has 0 saturated heterocycles. The van der Waals surface area contributed by atoms with E-state index in [2.05, 4.69) is 20.3 Å². The van der Waals surface area contributed by atoms with Crippen molar-refractivity contribution in [3.05, 3.63) is 53.3 Å². The van der Waals surface area contributed by atoms with Crippen LogP contribution in [0.1, 0.15) is 15.4 Å². The lowest BCUT2D eigenvalue weighted by Gasteiger charge is -2.04. The smallest absolute Gasteiger partial charge is 0.268 e. The average Bonchev–Trinajstić information content (AvgIpc) is 2.92. The number of aromatic hydroxyl groups is 1. The van der Waals surface area contributed by atoms with Gasteiger partial charge in [0.25, 0.3) is 5.91 Å². The molecular formula is C15H12N4O2S. The molecule has 3 heterocycles. The first kappa shape index (κ1) is 14.2. The number of amides is 1. The maximum absolute atomic E-state index is 12.3. The Kier molecular flexibility index (Phi) is 3.80. The van der Waals surface area contributed by atoms with E-state index in [1.165, 1.54) is 23.6 Å². The zero-order valence-electron chi connectivity index (χ0n) is 11.6. The van der Waals surface area contributed by atoms with Crippen LogP contribution in [0.25, 0.3) is 10.7 Å². The molecule has 0 fully saturated rings. The molecule has 3 aromatic rings. The monoisotopic (exact) mass is 312 g/mol. The van der Waals surface area contributed by atoms with Gasteiger partial charge in [-0.2, -0.15) is 0 Å². The molecule has 0 aliphatic heterocycles. The lowest BCUT2D eigenvalue weighted by Crippen LogP contribution is -2.12. The second-order valence-electron chi connectivity index (χ2n) is 4.47. The van der Waals surface area contributed by atoms with E-state index in [0.29, 0.717) is 15.6 Å². The Hall–Kier alpha value is -2.80. The number of aryl methyl sites for hydroxylation is 1. The molecule has 1 amide bonds. The van der Waals surface area contributed by atoms with Crippen LogP contribution < -0.4 is 5.32 Å². The van der Waals surface area contributed by atoms with E-state index in [1.54, 1.807) is 19.2 Å². The van der Waals surface area contributed by atoms with E-state index < -0.39 is 0 Å². The summed E-state index contributed by atoms with van der Waals surface area (Å²) in [5.74, 6) is -0.311. The Bertz CT molecular complexity index is 817. The molecular weight excluding hydrogens is 300 g/mol. The first-order valence-corrected chi connectivity index (χ1v) is 7.31. The van der Waals surface area contributed by atoms with Gasteiger partial charge in [-0.3, -0.25) is 9.78 Å². The molecule has 0 aliphatic rings. The number of hydrogen-bond acceptors (Lipinski definition) is 6. The lowest BCUT2D eigenvalue weighted by molar-refractivity contribution is 0.102. The minimum Gasteiger partial charge on any atom is -0.504 e. The van der Waals surface area contributed by atoms with Crippen LogP contribution >= 0.6 is 11.3 Å². The fraction of sp³-hybridized carbons (Fsp3) is 0.0667. The molecule has 110 valence electrons. The summed E-state index contributed by atoms with van der Waals surface area (Å²) in [5, 5.41) is 12.9. The van der Waals surface area contributed by atoms with Gasteiger partial charge in [0.2, 0.25) is 0 Å². The topological polar surface area (TPSA) is 88.0 Å². The highest BCUT2D eigenvalue weighted by molar-refractivity contribution is 7.17. The van der Waals surface area contributed by atoms with Crippen molar-refractivity contribution < 1.29 is 9.90 Å². The molecule has 3 aromatic heterocycles. The Morgan fingerprint density at radius 2 is 2.00 bits per heavy atom. The number of nitrogens with one attached hydrogen (secondary N) is 1. The van der Waals surface area contributed by atoms with Crippen molar-refractivity contribution in [2.75, 3.05) is 5.32 Å². The molecule has 6 nitrogen and oxygen atoms in total. The fourth-order valence-electron chi connectivity index (χ4n) is 1.86. The van der Waals surface area contributed by atoms with Crippen LogP contribution in [0, 0.1) is 6.92 Å². The van der Waals surface area contributed by atoms with Crippen molar-refractivity contribution in [1.82, 2.24) is 15.0 Å². The molecule has 0 spiro atoms. The molecule has 0 saturated carbocycles. The van der Waals surface area contributed by atoms with Gasteiger partial charge >= 0.3 is 0 Å². The Labute approximate surface area is 130 Å². The molecule has 0 bridgehead atoms. The highest BCUT2D eigenvalue weighted by Gasteiger charge is 2.18. The number of carbonyl (C=O) groups is 1. The van der Waals surface area contributed by atoms with E-state index >= 15 is 0 Å². The number of anilines is 1. The number of carbonyl (C=O) groups excluding carboxylic acids is 1. The van der Waals surface area contributed by atoms with Crippen LogP contribution in [-0.4, -0.2) is 26.0 Å². The Morgan fingerprint density at radius 3 is 2.73 bits per heavy atom. The van der Waals surface area contributed by atoms with E-state index in [1.807, 2.05) is 18.2 Å². The van der Waals surface area contributed by atoms with Crippen LogP contribution in [0.5, 0.6) is 5.75 Å². The van der Waals surface area contributed by atoms with Crippen molar-refractivity contribution in [3.8, 4) is 16.5 Å². The summed E-state index contributed by atoms with van der Waals surface area (Å²) in [6, 6.07) is 8.57. The van der Waals surface area contributed by atoms with Gasteiger partial charge in [-0.15, -0.1) is 11.3 Å². The third-order valence-electron chi connectivity index (χ3n) is 2.91. The minimum atomic E-state index is -0.355. The van der Waals surface area contributed by atoms with Crippen molar-refractivity contribution in [2.24, 2.45) is 0 Å². The van der Waals surface area contributed by atoms with Crippen molar-refractivity contribution in [1.29, 1.82) is 0 Å². The minimum absolute atomic E-state index is 0.0806. The Balaban J connectivity index is 1.88. The molecule has 0 unspecified atom stereocenters. The van der Waals surface area contributed by atoms with Crippen molar-refractivity contribution >= 4 is 23.1 Å². The predicted molar refractivity (Wildman–Crippen MR) is 83.9 cm³/mol. The van der Waals surface area contributed by atoms with E-state index in [4.69, 9.17) is 0 Å². The number of pyridine rings is 2. The standard InChI is InChI=1S/C15H12N4O2S/c1-9-12(14(21)19-13-11(20)6-4-8-17-13)22-15(18-9)10-5-2-3-7-16-10/h2-8,20H,1H3,(H,17,19,21). The van der Waals surface area contributed by atoms with Gasteiger partial charge in [0, 0.05) is 12.4 Å². The third kappa shape index (κ3) is 2.79. The molecule has 22 heavy (non-hydrogen) atoms. The summed E-state index contributed by atoms with van der Waals surface area (Å²) in [7, 11) is 0. The molecule has 7 heteroatoms. The largest absolute Gasteiger partial charge is 0.504 e. The Morgan fingerprint density at radius 1 is 1.18 bits per heavy atom. The third-order valence-corrected chi connectivity index (χ3v) is 4.08. The SMILES string of the molecule is Cc1nc(-c2ccccn2)sc1C(=O)Nc1ncccc1O. The summed E-state index contributed by atoms with van der Waals surface area (Å²) in [6.07, 6.45) is 3.17. The number of aromatic nitrogens is 3. The van der Waals surface area contributed by atoms with E-state index in [-0.39, 0.29) is 17.5 Å². The maximum Gasteiger partial charge on any atom is 0.268 e. The molecule has 3 rings (SSSR count). The van der Waals surface area contributed by atoms with Gasteiger partial charge in [-0.05, 0) is 31.2 Å².